The number of carbonyl (C=O) groups is 1. The summed E-state index contributed by atoms with van der Waals surface area (Å²) in [6.45, 7) is 6.66. The lowest BCUT2D eigenvalue weighted by Gasteiger charge is -2.01. The normalized spacial score (nSPS) is 11.3. The van der Waals surface area contributed by atoms with Gasteiger partial charge in [-0.3, -0.25) is 14.8 Å². The van der Waals surface area contributed by atoms with Gasteiger partial charge in [-0.15, -0.1) is 11.3 Å². The molecule has 4 rings (SSSR count). The molecule has 0 atom stereocenters. The first-order chi connectivity index (χ1) is 13.0. The zero-order valence-electron chi connectivity index (χ0n) is 14.9. The molecule has 0 spiro atoms. The van der Waals surface area contributed by atoms with Crippen LogP contribution in [0.2, 0.25) is 0 Å². The number of fused-ring (bicyclic) bond motifs is 1. The van der Waals surface area contributed by atoms with Crippen LogP contribution in [0.25, 0.3) is 17.0 Å². The van der Waals surface area contributed by atoms with E-state index in [1.807, 2.05) is 37.7 Å². The SMILES string of the molecule is CCn1cc(Br)c(-c2ccnc3cc(C(=O)Nc4nc(C)c(C)s4)nn23)n1. The molecule has 0 bridgehead atoms. The van der Waals surface area contributed by atoms with Crippen LogP contribution in [0.15, 0.2) is 29.0 Å². The number of anilines is 1. The van der Waals surface area contributed by atoms with E-state index < -0.39 is 0 Å². The number of halogens is 1. The highest BCUT2D eigenvalue weighted by Crippen LogP contribution is 2.27. The average Bonchev–Trinajstić information content (AvgIpc) is 3.32. The van der Waals surface area contributed by atoms with E-state index in [1.165, 1.54) is 11.3 Å². The summed E-state index contributed by atoms with van der Waals surface area (Å²) in [4.78, 5) is 22.3. The van der Waals surface area contributed by atoms with Crippen LogP contribution < -0.4 is 5.32 Å². The quantitative estimate of drug-likeness (QED) is 0.516. The lowest BCUT2D eigenvalue weighted by Crippen LogP contribution is -2.12. The van der Waals surface area contributed by atoms with Crippen LogP contribution >= 0.6 is 27.3 Å². The minimum atomic E-state index is -0.321. The number of thiazole rings is 1. The summed E-state index contributed by atoms with van der Waals surface area (Å²) in [6, 6.07) is 3.47. The van der Waals surface area contributed by atoms with E-state index in [2.05, 4.69) is 41.4 Å². The molecule has 1 amide bonds. The van der Waals surface area contributed by atoms with Crippen molar-refractivity contribution in [3.8, 4) is 11.4 Å². The Bertz CT molecular complexity index is 1140. The predicted molar refractivity (Wildman–Crippen MR) is 107 cm³/mol. The molecule has 4 aromatic heterocycles. The lowest BCUT2D eigenvalue weighted by molar-refractivity contribution is 0.102. The molecule has 1 N–H and O–H groups in total. The molecule has 138 valence electrons. The molecular weight excluding hydrogens is 430 g/mol. The molecule has 0 aliphatic carbocycles. The van der Waals surface area contributed by atoms with Gasteiger partial charge < -0.3 is 0 Å². The Kier molecular flexibility index (Phi) is 4.52. The summed E-state index contributed by atoms with van der Waals surface area (Å²) in [5.74, 6) is -0.321. The Morgan fingerprint density at radius 3 is 2.81 bits per heavy atom. The van der Waals surface area contributed by atoms with E-state index in [0.29, 0.717) is 10.8 Å². The molecule has 0 saturated heterocycles. The van der Waals surface area contributed by atoms with Gasteiger partial charge in [0.05, 0.1) is 15.9 Å². The highest BCUT2D eigenvalue weighted by Gasteiger charge is 2.18. The van der Waals surface area contributed by atoms with Crippen molar-refractivity contribution in [3.63, 3.8) is 0 Å². The molecule has 4 heterocycles. The third-order valence-corrected chi connectivity index (χ3v) is 5.69. The molecule has 0 saturated carbocycles. The molecule has 0 aliphatic heterocycles. The summed E-state index contributed by atoms with van der Waals surface area (Å²) in [7, 11) is 0. The van der Waals surface area contributed by atoms with Crippen molar-refractivity contribution in [2.24, 2.45) is 0 Å². The molecule has 10 heteroatoms. The Hall–Kier alpha value is -2.59. The fourth-order valence-corrected chi connectivity index (χ4v) is 3.93. The maximum absolute atomic E-state index is 12.6. The monoisotopic (exact) mass is 445 g/mol. The van der Waals surface area contributed by atoms with E-state index in [-0.39, 0.29) is 11.6 Å². The van der Waals surface area contributed by atoms with Crippen molar-refractivity contribution >= 4 is 44.0 Å². The number of rotatable bonds is 4. The second-order valence-corrected chi connectivity index (χ2v) is 7.98. The van der Waals surface area contributed by atoms with E-state index in [1.54, 1.807) is 16.8 Å². The standard InChI is InChI=1S/C17H16BrN7OS/c1-4-24-8-11(18)15(23-24)13-5-6-19-14-7-12(22-25(13)14)16(26)21-17-20-9(2)10(3)27-17/h5-8H,4H2,1-3H3,(H,20,21,26). The van der Waals surface area contributed by atoms with Crippen LogP contribution in [-0.4, -0.2) is 35.3 Å². The van der Waals surface area contributed by atoms with Gasteiger partial charge in [0.2, 0.25) is 0 Å². The zero-order valence-corrected chi connectivity index (χ0v) is 17.3. The van der Waals surface area contributed by atoms with Crippen LogP contribution in [0.5, 0.6) is 0 Å². The van der Waals surface area contributed by atoms with Gasteiger partial charge in [-0.05, 0) is 42.8 Å². The van der Waals surface area contributed by atoms with E-state index in [9.17, 15) is 4.79 Å². The maximum Gasteiger partial charge on any atom is 0.278 e. The van der Waals surface area contributed by atoms with E-state index in [0.717, 1.165) is 33.0 Å². The number of carbonyl (C=O) groups excluding carboxylic acids is 1. The van der Waals surface area contributed by atoms with E-state index >= 15 is 0 Å². The third-order valence-electron chi connectivity index (χ3n) is 4.12. The molecule has 0 aromatic carbocycles. The Labute approximate surface area is 167 Å². The summed E-state index contributed by atoms with van der Waals surface area (Å²) in [5.41, 5.74) is 3.24. The highest BCUT2D eigenvalue weighted by molar-refractivity contribution is 9.10. The van der Waals surface area contributed by atoms with Crippen LogP contribution in [0.3, 0.4) is 0 Å². The van der Waals surface area contributed by atoms with Crippen molar-refractivity contribution in [1.29, 1.82) is 0 Å². The van der Waals surface area contributed by atoms with Crippen molar-refractivity contribution in [3.05, 3.63) is 45.3 Å². The Balaban J connectivity index is 1.72. The number of hydrogen-bond donors (Lipinski definition) is 1. The first kappa shape index (κ1) is 17.8. The van der Waals surface area contributed by atoms with Crippen molar-refractivity contribution in [1.82, 2.24) is 29.4 Å². The minimum Gasteiger partial charge on any atom is -0.296 e. The number of nitrogens with one attached hydrogen (secondary N) is 1. The minimum absolute atomic E-state index is 0.270. The molecule has 0 unspecified atom stereocenters. The van der Waals surface area contributed by atoms with Crippen LogP contribution in [0, 0.1) is 13.8 Å². The van der Waals surface area contributed by atoms with Gasteiger partial charge in [0.25, 0.3) is 5.91 Å². The maximum atomic E-state index is 12.6. The summed E-state index contributed by atoms with van der Waals surface area (Å²) in [6.07, 6.45) is 3.59. The molecule has 0 radical (unpaired) electrons. The largest absolute Gasteiger partial charge is 0.296 e. The predicted octanol–water partition coefficient (Wildman–Crippen LogP) is 3.70. The third kappa shape index (κ3) is 3.26. The van der Waals surface area contributed by atoms with Crippen LogP contribution in [0.4, 0.5) is 5.13 Å². The van der Waals surface area contributed by atoms with Crippen molar-refractivity contribution < 1.29 is 4.79 Å². The van der Waals surface area contributed by atoms with Gasteiger partial charge in [-0.2, -0.15) is 10.2 Å². The average molecular weight is 446 g/mol. The molecular formula is C17H16BrN7OS. The topological polar surface area (TPSA) is 90.0 Å². The fraction of sp³-hybridized carbons (Fsp3) is 0.235. The molecule has 4 aromatic rings. The van der Waals surface area contributed by atoms with Crippen molar-refractivity contribution in [2.75, 3.05) is 5.32 Å². The van der Waals surface area contributed by atoms with Crippen LogP contribution in [0.1, 0.15) is 28.0 Å². The van der Waals surface area contributed by atoms with Crippen LogP contribution in [-0.2, 0) is 6.54 Å². The number of aromatic nitrogens is 6. The Morgan fingerprint density at radius 1 is 1.33 bits per heavy atom. The summed E-state index contributed by atoms with van der Waals surface area (Å²) < 4.78 is 4.31. The first-order valence-corrected chi connectivity index (χ1v) is 9.90. The fourth-order valence-electron chi connectivity index (χ4n) is 2.61. The molecule has 0 fully saturated rings. The summed E-state index contributed by atoms with van der Waals surface area (Å²) >= 11 is 4.98. The molecule has 0 aliphatic rings. The number of nitrogens with zero attached hydrogens (tertiary/aromatic N) is 6. The smallest absolute Gasteiger partial charge is 0.278 e. The van der Waals surface area contributed by atoms with Gasteiger partial charge in [-0.25, -0.2) is 14.5 Å². The lowest BCUT2D eigenvalue weighted by atomic mass is 10.3. The second kappa shape index (κ2) is 6.86. The number of aryl methyl sites for hydroxylation is 3. The van der Waals surface area contributed by atoms with Gasteiger partial charge in [0, 0.05) is 29.9 Å². The van der Waals surface area contributed by atoms with Gasteiger partial charge in [-0.1, -0.05) is 0 Å². The highest BCUT2D eigenvalue weighted by atomic mass is 79.9. The Morgan fingerprint density at radius 2 is 2.15 bits per heavy atom. The second-order valence-electron chi connectivity index (χ2n) is 5.93. The first-order valence-electron chi connectivity index (χ1n) is 8.29. The summed E-state index contributed by atoms with van der Waals surface area (Å²) in [5, 5.41) is 12.4. The van der Waals surface area contributed by atoms with Gasteiger partial charge >= 0.3 is 0 Å². The molecule has 27 heavy (non-hydrogen) atoms. The van der Waals surface area contributed by atoms with Gasteiger partial charge in [0.15, 0.2) is 16.5 Å². The van der Waals surface area contributed by atoms with E-state index in [4.69, 9.17) is 0 Å². The number of amides is 1. The molecule has 8 nitrogen and oxygen atoms in total. The number of hydrogen-bond acceptors (Lipinski definition) is 6. The zero-order chi connectivity index (χ0) is 19.1. The van der Waals surface area contributed by atoms with Crippen molar-refractivity contribution in [2.45, 2.75) is 27.3 Å². The van der Waals surface area contributed by atoms with Gasteiger partial charge in [0.1, 0.15) is 5.69 Å².